The van der Waals surface area contributed by atoms with Crippen LogP contribution in [0, 0.1) is 17.1 Å². The zero-order valence-corrected chi connectivity index (χ0v) is 13.8. The van der Waals surface area contributed by atoms with Crippen molar-refractivity contribution in [3.8, 4) is 6.07 Å². The first kappa shape index (κ1) is 15.9. The molecule has 0 saturated carbocycles. The number of halogens is 1. The van der Waals surface area contributed by atoms with E-state index in [0.717, 1.165) is 0 Å². The van der Waals surface area contributed by atoms with Gasteiger partial charge in [-0.2, -0.15) is 5.26 Å². The van der Waals surface area contributed by atoms with Gasteiger partial charge in [0.2, 0.25) is 11.6 Å². The van der Waals surface area contributed by atoms with E-state index in [1.807, 2.05) is 0 Å². The number of thioether (sulfide) groups is 1. The predicted molar refractivity (Wildman–Crippen MR) is 88.3 cm³/mol. The van der Waals surface area contributed by atoms with Gasteiger partial charge in [0, 0.05) is 12.3 Å². The molecule has 1 N–H and O–H groups in total. The molecule has 5 nitrogen and oxygen atoms in total. The number of benzene rings is 1. The van der Waals surface area contributed by atoms with E-state index in [9.17, 15) is 19.6 Å². The fourth-order valence-corrected chi connectivity index (χ4v) is 4.67. The third-order valence-electron chi connectivity index (χ3n) is 4.51. The van der Waals surface area contributed by atoms with Gasteiger partial charge in [0.25, 0.3) is 0 Å². The summed E-state index contributed by atoms with van der Waals surface area (Å²) in [5.74, 6) is -1.09. The topological polar surface area (TPSA) is 77.5 Å². The van der Waals surface area contributed by atoms with Crippen molar-refractivity contribution in [1.82, 2.24) is 4.90 Å². The molecule has 4 rings (SSSR count). The summed E-state index contributed by atoms with van der Waals surface area (Å²) in [6.07, 6.45) is 1.33. The Balaban J connectivity index is 1.85. The van der Waals surface area contributed by atoms with Crippen molar-refractivity contribution in [2.24, 2.45) is 0 Å². The molecular formula is C18H13FN2O3S. The second kappa shape index (κ2) is 5.76. The SMILES string of the molecule is N#CC1=C2SC[C@@](O)(c3ccco3)N2C(=O)C[C@H]1c1ccccc1F. The minimum Gasteiger partial charge on any atom is -0.464 e. The van der Waals surface area contributed by atoms with Crippen LogP contribution < -0.4 is 0 Å². The van der Waals surface area contributed by atoms with Gasteiger partial charge in [0.15, 0.2) is 5.76 Å². The van der Waals surface area contributed by atoms with E-state index in [-0.39, 0.29) is 29.4 Å². The van der Waals surface area contributed by atoms with E-state index >= 15 is 0 Å². The van der Waals surface area contributed by atoms with Crippen molar-refractivity contribution >= 4 is 17.7 Å². The molecule has 2 aliphatic heterocycles. The van der Waals surface area contributed by atoms with E-state index in [2.05, 4.69) is 6.07 Å². The molecule has 0 unspecified atom stereocenters. The van der Waals surface area contributed by atoms with Gasteiger partial charge < -0.3 is 9.52 Å². The molecular weight excluding hydrogens is 343 g/mol. The highest BCUT2D eigenvalue weighted by Gasteiger charge is 2.53. The molecule has 0 radical (unpaired) electrons. The van der Waals surface area contributed by atoms with Crippen molar-refractivity contribution in [3.63, 3.8) is 0 Å². The first-order valence-corrected chi connectivity index (χ1v) is 8.65. The molecule has 2 aliphatic rings. The van der Waals surface area contributed by atoms with Gasteiger partial charge in [-0.15, -0.1) is 11.8 Å². The number of carbonyl (C=O) groups excluding carboxylic acids is 1. The largest absolute Gasteiger partial charge is 0.464 e. The number of nitriles is 1. The fourth-order valence-electron chi connectivity index (χ4n) is 3.34. The van der Waals surface area contributed by atoms with Crippen LogP contribution in [0.1, 0.15) is 23.7 Å². The summed E-state index contributed by atoms with van der Waals surface area (Å²) in [6.45, 7) is 0. The summed E-state index contributed by atoms with van der Waals surface area (Å²) in [5, 5.41) is 21.0. The number of amides is 1. The highest BCUT2D eigenvalue weighted by Crippen LogP contribution is 2.51. The Morgan fingerprint density at radius 1 is 1.36 bits per heavy atom. The van der Waals surface area contributed by atoms with Crippen LogP contribution in [-0.2, 0) is 10.5 Å². The summed E-state index contributed by atoms with van der Waals surface area (Å²) in [7, 11) is 0. The summed E-state index contributed by atoms with van der Waals surface area (Å²) in [5.41, 5.74) is -1.03. The fraction of sp³-hybridized carbons (Fsp3) is 0.222. The van der Waals surface area contributed by atoms with E-state index in [1.54, 1.807) is 30.3 Å². The van der Waals surface area contributed by atoms with Crippen LogP contribution in [0.3, 0.4) is 0 Å². The molecule has 2 aromatic rings. The quantitative estimate of drug-likeness (QED) is 0.895. The summed E-state index contributed by atoms with van der Waals surface area (Å²) in [6, 6.07) is 11.5. The lowest BCUT2D eigenvalue weighted by Crippen LogP contribution is -2.48. The normalized spacial score (nSPS) is 25.9. The van der Waals surface area contributed by atoms with Gasteiger partial charge in [-0.3, -0.25) is 9.69 Å². The van der Waals surface area contributed by atoms with Crippen LogP contribution in [0.5, 0.6) is 0 Å². The van der Waals surface area contributed by atoms with Crippen LogP contribution in [0.25, 0.3) is 0 Å². The standard InChI is InChI=1S/C18H13FN2O3S/c19-14-5-2-1-4-11(14)12-8-16(22)21-17(13(12)9-20)25-10-18(21,23)15-6-3-7-24-15/h1-7,12,23H,8,10H2/t12-,18+/m0/s1. The number of hydrogen-bond donors (Lipinski definition) is 1. The summed E-state index contributed by atoms with van der Waals surface area (Å²) >= 11 is 1.20. The van der Waals surface area contributed by atoms with Gasteiger partial charge in [-0.25, -0.2) is 4.39 Å². The monoisotopic (exact) mass is 356 g/mol. The molecule has 3 heterocycles. The lowest BCUT2D eigenvalue weighted by Gasteiger charge is -2.36. The maximum absolute atomic E-state index is 14.2. The zero-order chi connectivity index (χ0) is 17.6. The highest BCUT2D eigenvalue weighted by molar-refractivity contribution is 8.03. The second-order valence-electron chi connectivity index (χ2n) is 5.92. The van der Waals surface area contributed by atoms with E-state index in [4.69, 9.17) is 4.42 Å². The molecule has 1 amide bonds. The molecule has 7 heteroatoms. The first-order chi connectivity index (χ1) is 12.1. The molecule has 1 fully saturated rings. The van der Waals surface area contributed by atoms with Gasteiger partial charge in [0.1, 0.15) is 5.82 Å². The minimum atomic E-state index is -1.64. The zero-order valence-electron chi connectivity index (χ0n) is 13.0. The van der Waals surface area contributed by atoms with E-state index < -0.39 is 17.5 Å². The number of fused-ring (bicyclic) bond motifs is 1. The summed E-state index contributed by atoms with van der Waals surface area (Å²) < 4.78 is 19.5. The number of furan rings is 1. The Morgan fingerprint density at radius 2 is 2.16 bits per heavy atom. The van der Waals surface area contributed by atoms with Crippen LogP contribution >= 0.6 is 11.8 Å². The molecule has 25 heavy (non-hydrogen) atoms. The van der Waals surface area contributed by atoms with E-state index in [0.29, 0.717) is 10.6 Å². The number of aliphatic hydroxyl groups is 1. The lowest BCUT2D eigenvalue weighted by molar-refractivity contribution is -0.152. The molecule has 0 spiro atoms. The molecule has 1 aromatic heterocycles. The predicted octanol–water partition coefficient (Wildman–Crippen LogP) is 3.06. The molecule has 1 saturated heterocycles. The molecule has 2 atom stereocenters. The van der Waals surface area contributed by atoms with Crippen LogP contribution in [0.4, 0.5) is 4.39 Å². The van der Waals surface area contributed by atoms with Crippen molar-refractivity contribution in [2.75, 3.05) is 5.75 Å². The van der Waals surface area contributed by atoms with Gasteiger partial charge >= 0.3 is 0 Å². The maximum Gasteiger partial charge on any atom is 0.231 e. The lowest BCUT2D eigenvalue weighted by atomic mass is 9.85. The second-order valence-corrected chi connectivity index (χ2v) is 6.88. The number of rotatable bonds is 2. The average molecular weight is 356 g/mol. The number of allylic oxidation sites excluding steroid dienone is 1. The molecule has 0 bridgehead atoms. The Morgan fingerprint density at radius 3 is 2.84 bits per heavy atom. The minimum absolute atomic E-state index is 0.0864. The van der Waals surface area contributed by atoms with Crippen molar-refractivity contribution in [2.45, 2.75) is 18.1 Å². The van der Waals surface area contributed by atoms with Crippen molar-refractivity contribution in [1.29, 1.82) is 5.26 Å². The molecule has 0 aliphatic carbocycles. The van der Waals surface area contributed by atoms with Crippen LogP contribution in [0.2, 0.25) is 0 Å². The van der Waals surface area contributed by atoms with Gasteiger partial charge in [-0.1, -0.05) is 18.2 Å². The maximum atomic E-state index is 14.2. The number of nitrogens with zero attached hydrogens (tertiary/aromatic N) is 2. The molecule has 1 aromatic carbocycles. The van der Waals surface area contributed by atoms with Crippen molar-refractivity contribution < 1.29 is 18.7 Å². The highest BCUT2D eigenvalue weighted by atomic mass is 32.2. The average Bonchev–Trinajstić information content (AvgIpc) is 3.25. The van der Waals surface area contributed by atoms with Crippen LogP contribution in [-0.4, -0.2) is 21.7 Å². The Kier molecular flexibility index (Phi) is 3.67. The van der Waals surface area contributed by atoms with Gasteiger partial charge in [-0.05, 0) is 23.8 Å². The van der Waals surface area contributed by atoms with Crippen LogP contribution in [0.15, 0.2) is 57.7 Å². The summed E-state index contributed by atoms with van der Waals surface area (Å²) in [4.78, 5) is 14.0. The molecule has 126 valence electrons. The first-order valence-electron chi connectivity index (χ1n) is 7.67. The Bertz CT molecular complexity index is 919. The van der Waals surface area contributed by atoms with Crippen molar-refractivity contribution in [3.05, 3.63) is 70.4 Å². The van der Waals surface area contributed by atoms with E-state index in [1.165, 1.54) is 29.0 Å². The smallest absolute Gasteiger partial charge is 0.231 e. The Hall–Kier alpha value is -2.56. The Labute approximate surface area is 147 Å². The third kappa shape index (κ3) is 2.29. The third-order valence-corrected chi connectivity index (χ3v) is 5.73. The van der Waals surface area contributed by atoms with Gasteiger partial charge in [0.05, 0.1) is 28.7 Å². The number of carbonyl (C=O) groups is 1. The number of hydrogen-bond acceptors (Lipinski definition) is 5.